The van der Waals surface area contributed by atoms with Crippen molar-refractivity contribution in [2.75, 3.05) is 0 Å². The first-order chi connectivity index (χ1) is 14.5. The first-order valence-corrected chi connectivity index (χ1v) is 13.3. The molecular weight excluding hydrogens is 378 g/mol. The van der Waals surface area contributed by atoms with E-state index in [-0.39, 0.29) is 10.8 Å². The quantitative estimate of drug-likeness (QED) is 0.456. The minimum absolute atomic E-state index is 0.0279. The molecule has 7 atom stereocenters. The normalized spacial score (nSPS) is 45.6. The molecular formula is C29H47NO. The summed E-state index contributed by atoms with van der Waals surface area (Å²) in [5.41, 5.74) is 2.80. The van der Waals surface area contributed by atoms with Gasteiger partial charge < -0.3 is 5.11 Å². The molecule has 0 aromatic heterocycles. The van der Waals surface area contributed by atoms with Crippen LogP contribution in [0.1, 0.15) is 119 Å². The molecule has 0 heterocycles. The van der Waals surface area contributed by atoms with Crippen LogP contribution in [0.3, 0.4) is 0 Å². The van der Waals surface area contributed by atoms with Crippen molar-refractivity contribution < 1.29 is 5.11 Å². The van der Waals surface area contributed by atoms with Crippen LogP contribution in [-0.4, -0.2) is 10.7 Å². The maximum absolute atomic E-state index is 10.8. The molecule has 174 valence electrons. The molecule has 0 radical (unpaired) electrons. The van der Waals surface area contributed by atoms with Crippen LogP contribution in [-0.2, 0) is 0 Å². The minimum Gasteiger partial charge on any atom is -0.390 e. The third kappa shape index (κ3) is 3.62. The van der Waals surface area contributed by atoms with E-state index in [4.69, 9.17) is 0 Å². The van der Waals surface area contributed by atoms with E-state index in [0.717, 1.165) is 49.4 Å². The van der Waals surface area contributed by atoms with Gasteiger partial charge >= 0.3 is 0 Å². The molecule has 4 aliphatic carbocycles. The van der Waals surface area contributed by atoms with Gasteiger partial charge in [-0.2, -0.15) is 5.26 Å². The second-order valence-corrected chi connectivity index (χ2v) is 13.2. The average molecular weight is 426 g/mol. The Morgan fingerprint density at radius 3 is 2.42 bits per heavy atom. The summed E-state index contributed by atoms with van der Waals surface area (Å²) >= 11 is 0. The predicted molar refractivity (Wildman–Crippen MR) is 128 cm³/mol. The van der Waals surface area contributed by atoms with E-state index in [0.29, 0.717) is 11.8 Å². The van der Waals surface area contributed by atoms with Gasteiger partial charge in [0.05, 0.1) is 17.1 Å². The van der Waals surface area contributed by atoms with Crippen LogP contribution in [0.15, 0.2) is 11.1 Å². The summed E-state index contributed by atoms with van der Waals surface area (Å²) in [4.78, 5) is 0. The Kier molecular flexibility index (Phi) is 5.95. The molecule has 4 rings (SSSR count). The second-order valence-electron chi connectivity index (χ2n) is 13.2. The van der Waals surface area contributed by atoms with Gasteiger partial charge in [-0.05, 0) is 93.8 Å². The maximum Gasteiger partial charge on any atom is 0.0700 e. The fourth-order valence-corrected chi connectivity index (χ4v) is 8.96. The Labute approximate surface area is 191 Å². The highest BCUT2D eigenvalue weighted by Crippen LogP contribution is 2.69. The van der Waals surface area contributed by atoms with Gasteiger partial charge in [-0.1, -0.05) is 65.0 Å². The lowest BCUT2D eigenvalue weighted by molar-refractivity contribution is -0.0806. The smallest absolute Gasteiger partial charge is 0.0700 e. The number of nitrogens with zero attached hydrogens (tertiary/aromatic N) is 1. The van der Waals surface area contributed by atoms with Crippen LogP contribution in [0.4, 0.5) is 0 Å². The van der Waals surface area contributed by atoms with Crippen molar-refractivity contribution in [1.29, 1.82) is 5.26 Å². The Hall–Kier alpha value is -0.810. The number of nitriles is 1. The lowest BCUT2D eigenvalue weighted by Crippen LogP contribution is -2.54. The molecule has 4 aliphatic rings. The highest BCUT2D eigenvalue weighted by Gasteiger charge is 2.62. The molecule has 0 spiro atoms. The molecule has 31 heavy (non-hydrogen) atoms. The Balaban J connectivity index is 1.60. The summed E-state index contributed by atoms with van der Waals surface area (Å²) in [6, 6.07) is 2.78. The van der Waals surface area contributed by atoms with Crippen LogP contribution >= 0.6 is 0 Å². The van der Waals surface area contributed by atoms with E-state index < -0.39 is 5.60 Å². The first kappa shape index (κ1) is 23.4. The SMILES string of the molecule is CC(C)CCC[C@@H](C)C1CCC2C3=C(CC[C@@]21C)[C@@]1(C)CC[C@](C)(O)CC1(C#N)CC3. The topological polar surface area (TPSA) is 44.0 Å². The van der Waals surface area contributed by atoms with Gasteiger partial charge in [-0.15, -0.1) is 0 Å². The highest BCUT2D eigenvalue weighted by molar-refractivity contribution is 5.39. The summed E-state index contributed by atoms with van der Waals surface area (Å²) in [6.45, 7) is 14.2. The van der Waals surface area contributed by atoms with Crippen molar-refractivity contribution >= 4 is 0 Å². The third-order valence-corrected chi connectivity index (χ3v) is 10.9. The van der Waals surface area contributed by atoms with Gasteiger partial charge in [-0.25, -0.2) is 0 Å². The molecule has 0 bridgehead atoms. The number of allylic oxidation sites excluding steroid dienone is 2. The summed E-state index contributed by atoms with van der Waals surface area (Å²) < 4.78 is 0. The zero-order valence-electron chi connectivity index (χ0n) is 21.2. The van der Waals surface area contributed by atoms with Gasteiger partial charge in [0.15, 0.2) is 0 Å². The van der Waals surface area contributed by atoms with Crippen LogP contribution in [0.2, 0.25) is 0 Å². The van der Waals surface area contributed by atoms with Gasteiger partial charge in [0.1, 0.15) is 0 Å². The van der Waals surface area contributed by atoms with E-state index in [1.54, 1.807) is 11.1 Å². The molecule has 0 aromatic rings. The lowest BCUT2D eigenvalue weighted by atomic mass is 9.44. The fourth-order valence-electron chi connectivity index (χ4n) is 8.96. The van der Waals surface area contributed by atoms with Crippen LogP contribution in [0.25, 0.3) is 0 Å². The summed E-state index contributed by atoms with van der Waals surface area (Å²) in [7, 11) is 0. The number of fused-ring (bicyclic) bond motifs is 4. The van der Waals surface area contributed by atoms with Crippen molar-refractivity contribution in [3.8, 4) is 6.07 Å². The monoisotopic (exact) mass is 425 g/mol. The number of rotatable bonds is 5. The van der Waals surface area contributed by atoms with Crippen molar-refractivity contribution in [1.82, 2.24) is 0 Å². The van der Waals surface area contributed by atoms with E-state index in [9.17, 15) is 10.4 Å². The van der Waals surface area contributed by atoms with Crippen molar-refractivity contribution in [3.63, 3.8) is 0 Å². The number of aliphatic hydroxyl groups is 1. The van der Waals surface area contributed by atoms with E-state index in [2.05, 4.69) is 40.7 Å². The van der Waals surface area contributed by atoms with Gasteiger partial charge in [-0.3, -0.25) is 0 Å². The van der Waals surface area contributed by atoms with Gasteiger partial charge in [0.25, 0.3) is 0 Å². The summed E-state index contributed by atoms with van der Waals surface area (Å²) in [6.07, 6.45) is 13.9. The Morgan fingerprint density at radius 1 is 1.00 bits per heavy atom. The van der Waals surface area contributed by atoms with Crippen molar-refractivity contribution in [3.05, 3.63) is 11.1 Å². The number of hydrogen-bond acceptors (Lipinski definition) is 2. The number of hydrogen-bond donors (Lipinski definition) is 1. The molecule has 2 heteroatoms. The van der Waals surface area contributed by atoms with Crippen LogP contribution < -0.4 is 0 Å². The lowest BCUT2D eigenvalue weighted by Gasteiger charge is -2.59. The molecule has 0 saturated heterocycles. The summed E-state index contributed by atoms with van der Waals surface area (Å²) in [5, 5.41) is 21.2. The molecule has 0 aliphatic heterocycles. The van der Waals surface area contributed by atoms with E-state index in [1.807, 2.05) is 6.92 Å². The zero-order valence-corrected chi connectivity index (χ0v) is 21.2. The van der Waals surface area contributed by atoms with Crippen molar-refractivity contribution in [2.45, 2.75) is 124 Å². The van der Waals surface area contributed by atoms with Gasteiger partial charge in [0, 0.05) is 5.41 Å². The molecule has 2 fully saturated rings. The van der Waals surface area contributed by atoms with Gasteiger partial charge in [0.2, 0.25) is 0 Å². The highest BCUT2D eigenvalue weighted by atomic mass is 16.3. The van der Waals surface area contributed by atoms with E-state index in [1.165, 1.54) is 44.9 Å². The minimum atomic E-state index is -0.680. The third-order valence-electron chi connectivity index (χ3n) is 10.9. The molecule has 2 nitrogen and oxygen atoms in total. The molecule has 2 saturated carbocycles. The first-order valence-electron chi connectivity index (χ1n) is 13.3. The van der Waals surface area contributed by atoms with Crippen LogP contribution in [0.5, 0.6) is 0 Å². The maximum atomic E-state index is 10.8. The second kappa shape index (κ2) is 7.90. The average Bonchev–Trinajstić information content (AvgIpc) is 3.05. The molecule has 3 unspecified atom stereocenters. The Morgan fingerprint density at radius 2 is 1.74 bits per heavy atom. The van der Waals surface area contributed by atoms with Crippen molar-refractivity contribution in [2.24, 2.45) is 39.9 Å². The predicted octanol–water partition coefficient (Wildman–Crippen LogP) is 7.82. The fraction of sp³-hybridized carbons (Fsp3) is 0.897. The van der Waals surface area contributed by atoms with Crippen LogP contribution in [0, 0.1) is 51.2 Å². The summed E-state index contributed by atoms with van der Waals surface area (Å²) in [5.74, 6) is 3.25. The standard InChI is InChI=1S/C29H47NO/c1-20(2)8-7-9-21(3)23-10-11-24-22-12-15-29(19-30)18-26(4,31)16-17-28(29,6)25(22)13-14-27(23,24)5/h20-21,23-24,31H,7-18H2,1-6H3/t21-,23?,24?,26+,27-,28-,29?/m1/s1. The zero-order chi connectivity index (χ0) is 22.7. The van der Waals surface area contributed by atoms with E-state index >= 15 is 0 Å². The molecule has 0 aromatic carbocycles. The molecule has 1 N–H and O–H groups in total. The Bertz CT molecular complexity index is 772. The molecule has 0 amide bonds. The largest absolute Gasteiger partial charge is 0.390 e.